The van der Waals surface area contributed by atoms with Gasteiger partial charge in [0.15, 0.2) is 0 Å². The van der Waals surface area contributed by atoms with Gasteiger partial charge in [0.25, 0.3) is 10.0 Å². The minimum atomic E-state index is -3.79. The maximum absolute atomic E-state index is 13.0. The Kier molecular flexibility index (Phi) is 5.37. The SMILES string of the molecule is Cc1ccc(NS(=O)(=O)c2cc(-c3noc(C(=O)N4CCCC4)n3)sc2C)c(C)c1. The number of carbonyl (C=O) groups is 1. The Bertz CT molecular complexity index is 1210. The number of likely N-dealkylation sites (tertiary alicyclic amines) is 1. The first-order valence-electron chi connectivity index (χ1n) is 9.58. The number of benzene rings is 1. The summed E-state index contributed by atoms with van der Waals surface area (Å²) in [5, 5.41) is 3.88. The number of sulfonamides is 1. The van der Waals surface area contributed by atoms with Gasteiger partial charge in [0.2, 0.25) is 5.82 Å². The number of amides is 1. The molecule has 8 nitrogen and oxygen atoms in total. The van der Waals surface area contributed by atoms with E-state index >= 15 is 0 Å². The van der Waals surface area contributed by atoms with Crippen LogP contribution in [-0.4, -0.2) is 42.5 Å². The van der Waals surface area contributed by atoms with Gasteiger partial charge in [0.05, 0.1) is 10.6 Å². The van der Waals surface area contributed by atoms with E-state index in [0.29, 0.717) is 28.5 Å². The van der Waals surface area contributed by atoms with E-state index in [4.69, 9.17) is 4.52 Å². The van der Waals surface area contributed by atoms with Gasteiger partial charge in [-0.3, -0.25) is 9.52 Å². The molecule has 0 unspecified atom stereocenters. The van der Waals surface area contributed by atoms with Crippen molar-refractivity contribution in [2.45, 2.75) is 38.5 Å². The molecule has 0 aliphatic carbocycles. The van der Waals surface area contributed by atoms with Gasteiger partial charge in [-0.15, -0.1) is 11.3 Å². The minimum Gasteiger partial charge on any atom is -0.334 e. The summed E-state index contributed by atoms with van der Waals surface area (Å²) in [6.07, 6.45) is 1.93. The molecule has 1 aliphatic rings. The van der Waals surface area contributed by atoms with Crippen molar-refractivity contribution in [2.75, 3.05) is 17.8 Å². The van der Waals surface area contributed by atoms with Crippen molar-refractivity contribution in [3.8, 4) is 10.7 Å². The average Bonchev–Trinajstić information content (AvgIpc) is 3.43. The van der Waals surface area contributed by atoms with E-state index in [2.05, 4.69) is 14.9 Å². The number of rotatable bonds is 5. The maximum atomic E-state index is 13.0. The normalized spacial score (nSPS) is 14.3. The number of nitrogens with zero attached hydrogens (tertiary/aromatic N) is 3. The van der Waals surface area contributed by atoms with Gasteiger partial charge in [0, 0.05) is 18.0 Å². The molecule has 4 rings (SSSR count). The fraction of sp³-hybridized carbons (Fsp3) is 0.350. The van der Waals surface area contributed by atoms with Gasteiger partial charge in [0.1, 0.15) is 4.90 Å². The van der Waals surface area contributed by atoms with Gasteiger partial charge in [-0.1, -0.05) is 22.9 Å². The van der Waals surface area contributed by atoms with E-state index in [1.807, 2.05) is 26.0 Å². The van der Waals surface area contributed by atoms with Crippen molar-refractivity contribution < 1.29 is 17.7 Å². The van der Waals surface area contributed by atoms with E-state index in [-0.39, 0.29) is 22.5 Å². The zero-order chi connectivity index (χ0) is 21.5. The molecule has 1 aliphatic heterocycles. The monoisotopic (exact) mass is 446 g/mol. The first kappa shape index (κ1) is 20.5. The lowest BCUT2D eigenvalue weighted by molar-refractivity contribution is 0.0743. The van der Waals surface area contributed by atoms with Crippen LogP contribution in [0.15, 0.2) is 33.7 Å². The van der Waals surface area contributed by atoms with Crippen molar-refractivity contribution in [2.24, 2.45) is 0 Å². The number of thiophene rings is 1. The molecular weight excluding hydrogens is 424 g/mol. The third-order valence-electron chi connectivity index (χ3n) is 5.01. The second kappa shape index (κ2) is 7.84. The third-order valence-corrected chi connectivity index (χ3v) is 7.68. The second-order valence-electron chi connectivity index (χ2n) is 7.38. The average molecular weight is 447 g/mol. The molecule has 3 heterocycles. The summed E-state index contributed by atoms with van der Waals surface area (Å²) in [6.45, 7) is 6.90. The Labute approximate surface area is 179 Å². The van der Waals surface area contributed by atoms with Crippen molar-refractivity contribution in [3.63, 3.8) is 0 Å². The largest absolute Gasteiger partial charge is 0.334 e. The lowest BCUT2D eigenvalue weighted by Crippen LogP contribution is -2.27. The lowest BCUT2D eigenvalue weighted by atomic mass is 10.1. The Morgan fingerprint density at radius 1 is 1.17 bits per heavy atom. The molecule has 2 aromatic heterocycles. The number of aryl methyl sites for hydroxylation is 3. The predicted molar refractivity (Wildman–Crippen MR) is 114 cm³/mol. The summed E-state index contributed by atoms with van der Waals surface area (Å²) >= 11 is 1.24. The van der Waals surface area contributed by atoms with E-state index < -0.39 is 10.0 Å². The predicted octanol–water partition coefficient (Wildman–Crippen LogP) is 3.76. The summed E-state index contributed by atoms with van der Waals surface area (Å²) in [5.74, 6) is -0.154. The zero-order valence-electron chi connectivity index (χ0n) is 16.9. The Morgan fingerprint density at radius 3 is 2.60 bits per heavy atom. The molecule has 0 spiro atoms. The molecule has 10 heteroatoms. The van der Waals surface area contributed by atoms with Gasteiger partial charge in [-0.05, 0) is 51.3 Å². The van der Waals surface area contributed by atoms with Gasteiger partial charge in [-0.25, -0.2) is 8.42 Å². The number of anilines is 1. The van der Waals surface area contributed by atoms with Crippen LogP contribution in [0, 0.1) is 20.8 Å². The van der Waals surface area contributed by atoms with E-state index in [1.165, 1.54) is 17.4 Å². The summed E-state index contributed by atoms with van der Waals surface area (Å²) < 4.78 is 33.7. The third kappa shape index (κ3) is 3.97. The fourth-order valence-electron chi connectivity index (χ4n) is 3.44. The highest BCUT2D eigenvalue weighted by Gasteiger charge is 2.27. The van der Waals surface area contributed by atoms with Crippen molar-refractivity contribution in [3.05, 3.63) is 46.2 Å². The quantitative estimate of drug-likeness (QED) is 0.640. The first-order valence-corrected chi connectivity index (χ1v) is 11.9. The molecular formula is C20H22N4O4S2. The number of aromatic nitrogens is 2. The topological polar surface area (TPSA) is 105 Å². The highest BCUT2D eigenvalue weighted by Crippen LogP contribution is 2.33. The number of hydrogen-bond acceptors (Lipinski definition) is 7. The van der Waals surface area contributed by atoms with Crippen LogP contribution in [0.5, 0.6) is 0 Å². The summed E-state index contributed by atoms with van der Waals surface area (Å²) in [6, 6.07) is 7.04. The Balaban J connectivity index is 1.59. The van der Waals surface area contributed by atoms with Crippen LogP contribution in [-0.2, 0) is 10.0 Å². The molecule has 0 saturated carbocycles. The standard InChI is InChI=1S/C20H22N4O4S2/c1-12-6-7-15(13(2)10-12)23-30(26,27)17-11-16(29-14(17)3)18-21-19(28-22-18)20(25)24-8-4-5-9-24/h6-7,10-11,23H,4-5,8-9H2,1-3H3. The molecule has 1 aromatic carbocycles. The minimum absolute atomic E-state index is 0.0734. The summed E-state index contributed by atoms with van der Waals surface area (Å²) in [5.41, 5.74) is 2.43. The van der Waals surface area contributed by atoms with Crippen LogP contribution in [0.2, 0.25) is 0 Å². The van der Waals surface area contributed by atoms with Crippen LogP contribution >= 0.6 is 11.3 Å². The van der Waals surface area contributed by atoms with Crippen LogP contribution in [0.25, 0.3) is 10.7 Å². The molecule has 1 saturated heterocycles. The summed E-state index contributed by atoms with van der Waals surface area (Å²) in [4.78, 5) is 19.6. The van der Waals surface area contributed by atoms with Crippen LogP contribution in [0.4, 0.5) is 5.69 Å². The Morgan fingerprint density at radius 2 is 1.90 bits per heavy atom. The molecule has 1 fully saturated rings. The molecule has 0 atom stereocenters. The smallest absolute Gasteiger partial charge is 0.316 e. The van der Waals surface area contributed by atoms with Crippen molar-refractivity contribution >= 4 is 33.0 Å². The Hall–Kier alpha value is -2.72. The van der Waals surface area contributed by atoms with E-state index in [0.717, 1.165) is 24.0 Å². The second-order valence-corrected chi connectivity index (χ2v) is 10.3. The van der Waals surface area contributed by atoms with E-state index in [1.54, 1.807) is 17.9 Å². The van der Waals surface area contributed by atoms with Gasteiger partial charge < -0.3 is 9.42 Å². The molecule has 158 valence electrons. The van der Waals surface area contributed by atoms with Crippen LogP contribution in [0.3, 0.4) is 0 Å². The number of carbonyl (C=O) groups excluding carboxylic acids is 1. The molecule has 1 N–H and O–H groups in total. The first-order chi connectivity index (χ1) is 14.2. The van der Waals surface area contributed by atoms with E-state index in [9.17, 15) is 13.2 Å². The molecule has 1 amide bonds. The van der Waals surface area contributed by atoms with Crippen molar-refractivity contribution in [1.29, 1.82) is 0 Å². The maximum Gasteiger partial charge on any atom is 0.316 e. The fourth-order valence-corrected chi connectivity index (χ4v) is 6.09. The molecule has 0 radical (unpaired) electrons. The highest BCUT2D eigenvalue weighted by atomic mass is 32.2. The number of hydrogen-bond donors (Lipinski definition) is 1. The summed E-state index contributed by atoms with van der Waals surface area (Å²) in [7, 11) is -3.79. The van der Waals surface area contributed by atoms with Crippen molar-refractivity contribution in [1.82, 2.24) is 15.0 Å². The van der Waals surface area contributed by atoms with Crippen LogP contribution < -0.4 is 4.72 Å². The van der Waals surface area contributed by atoms with Gasteiger partial charge in [-0.2, -0.15) is 4.98 Å². The molecule has 0 bridgehead atoms. The zero-order valence-corrected chi connectivity index (χ0v) is 18.6. The molecule has 3 aromatic rings. The van der Waals surface area contributed by atoms with Crippen LogP contribution in [0.1, 0.15) is 39.5 Å². The molecule has 30 heavy (non-hydrogen) atoms. The number of nitrogens with one attached hydrogen (secondary N) is 1. The lowest BCUT2D eigenvalue weighted by Gasteiger charge is -2.11. The highest BCUT2D eigenvalue weighted by molar-refractivity contribution is 7.93. The van der Waals surface area contributed by atoms with Gasteiger partial charge >= 0.3 is 11.8 Å².